The molecule has 0 spiro atoms. The van der Waals surface area contributed by atoms with Gasteiger partial charge in [0.25, 0.3) is 5.91 Å². The molecule has 2 aliphatic rings. The summed E-state index contributed by atoms with van der Waals surface area (Å²) >= 11 is 6.22. The summed E-state index contributed by atoms with van der Waals surface area (Å²) in [5, 5.41) is 9.85. The molecular weight excluding hydrogens is 408 g/mol. The number of halogens is 1. The van der Waals surface area contributed by atoms with Crippen molar-refractivity contribution in [3.05, 3.63) is 58.7 Å². The van der Waals surface area contributed by atoms with E-state index in [9.17, 15) is 14.7 Å². The molecule has 1 N–H and O–H groups in total. The summed E-state index contributed by atoms with van der Waals surface area (Å²) in [4.78, 5) is 30.7. The van der Waals surface area contributed by atoms with Crippen molar-refractivity contribution >= 4 is 23.5 Å². The van der Waals surface area contributed by atoms with E-state index in [0.717, 1.165) is 24.0 Å². The van der Waals surface area contributed by atoms with Crippen LogP contribution in [0.1, 0.15) is 42.5 Å². The molecule has 8 heteroatoms. The molecule has 0 radical (unpaired) electrons. The molecule has 1 aromatic heterocycles. The lowest BCUT2D eigenvalue weighted by Gasteiger charge is -2.44. The van der Waals surface area contributed by atoms with Crippen molar-refractivity contribution in [2.45, 2.75) is 37.5 Å². The van der Waals surface area contributed by atoms with Crippen molar-refractivity contribution in [3.8, 4) is 5.88 Å². The highest BCUT2D eigenvalue weighted by atomic mass is 35.5. The zero-order valence-corrected chi connectivity index (χ0v) is 17.3. The Balaban J connectivity index is 1.78. The number of ether oxygens (including phenoxy) is 2. The minimum absolute atomic E-state index is 0.302. The molecule has 0 bridgehead atoms. The number of carbonyl (C=O) groups excluding carboxylic acids is 1. The van der Waals surface area contributed by atoms with Crippen molar-refractivity contribution in [1.82, 2.24) is 9.88 Å². The highest BCUT2D eigenvalue weighted by Crippen LogP contribution is 2.45. The largest absolute Gasteiger partial charge is 0.481 e. The predicted molar refractivity (Wildman–Crippen MR) is 109 cm³/mol. The lowest BCUT2D eigenvalue weighted by atomic mass is 9.91. The van der Waals surface area contributed by atoms with Crippen LogP contribution >= 0.6 is 11.6 Å². The second-order valence-electron chi connectivity index (χ2n) is 7.71. The van der Waals surface area contributed by atoms with Crippen molar-refractivity contribution in [2.75, 3.05) is 13.7 Å². The molecule has 2 fully saturated rings. The fourth-order valence-electron chi connectivity index (χ4n) is 3.86. The fraction of sp³-hybridized carbons (Fsp3) is 0.409. The van der Waals surface area contributed by atoms with Gasteiger partial charge in [-0.15, -0.1) is 0 Å². The number of pyridine rings is 1. The first kappa shape index (κ1) is 20.6. The van der Waals surface area contributed by atoms with Gasteiger partial charge < -0.3 is 19.5 Å². The maximum atomic E-state index is 13.2. The number of carboxylic acids is 1. The number of carbonyl (C=O) groups is 2. The van der Waals surface area contributed by atoms with Crippen LogP contribution in [-0.2, 0) is 14.3 Å². The zero-order chi connectivity index (χ0) is 21.3. The molecule has 7 nitrogen and oxygen atoms in total. The Hall–Kier alpha value is -2.64. The van der Waals surface area contributed by atoms with Gasteiger partial charge >= 0.3 is 5.97 Å². The van der Waals surface area contributed by atoms with Gasteiger partial charge in [-0.2, -0.15) is 0 Å². The summed E-state index contributed by atoms with van der Waals surface area (Å²) in [6.45, 7) is 0.562. The van der Waals surface area contributed by atoms with Crippen molar-refractivity contribution in [1.29, 1.82) is 0 Å². The number of hydrogen-bond acceptors (Lipinski definition) is 5. The van der Waals surface area contributed by atoms with Crippen LogP contribution < -0.4 is 4.74 Å². The molecule has 1 saturated carbocycles. The molecule has 1 aliphatic carbocycles. The van der Waals surface area contributed by atoms with Crippen LogP contribution in [0, 0.1) is 5.92 Å². The minimum atomic E-state index is -1.07. The third kappa shape index (κ3) is 4.42. The lowest BCUT2D eigenvalue weighted by Crippen LogP contribution is -2.52. The van der Waals surface area contributed by atoms with Gasteiger partial charge in [0.05, 0.1) is 19.6 Å². The standard InChI is InChI=1S/C22H23ClN2O5/c1-29-18-8-7-15(11-24-18)20-21(14-3-2-4-16(23)9-14)30-17(10-19(26)27)22(28)25(20)12-13-5-6-13/h2-4,7-9,11,13,17,20-21H,5-6,10,12H2,1H3,(H,26,27)/t17-,20-,21-/m1/s1. The minimum Gasteiger partial charge on any atom is -0.481 e. The van der Waals surface area contributed by atoms with Gasteiger partial charge in [-0.3, -0.25) is 9.59 Å². The number of methoxy groups -OCH3 is 1. The monoisotopic (exact) mass is 430 g/mol. The lowest BCUT2D eigenvalue weighted by molar-refractivity contribution is -0.179. The quantitative estimate of drug-likeness (QED) is 0.721. The number of rotatable bonds is 7. The summed E-state index contributed by atoms with van der Waals surface area (Å²) < 4.78 is 11.3. The molecule has 2 heterocycles. The maximum absolute atomic E-state index is 13.2. The van der Waals surface area contributed by atoms with Crippen molar-refractivity contribution in [2.24, 2.45) is 5.92 Å². The molecule has 3 atom stereocenters. The third-order valence-corrected chi connectivity index (χ3v) is 5.73. The van der Waals surface area contributed by atoms with Gasteiger partial charge in [-0.05, 0) is 48.1 Å². The number of carboxylic acid groups (broad SMARTS) is 1. The smallest absolute Gasteiger partial charge is 0.306 e. The fourth-order valence-corrected chi connectivity index (χ4v) is 4.06. The van der Waals surface area contributed by atoms with Crippen LogP contribution in [0.25, 0.3) is 0 Å². The van der Waals surface area contributed by atoms with Crippen LogP contribution in [0.15, 0.2) is 42.6 Å². The van der Waals surface area contributed by atoms with Gasteiger partial charge in [0.15, 0.2) is 0 Å². The third-order valence-electron chi connectivity index (χ3n) is 5.49. The molecular formula is C22H23ClN2O5. The van der Waals surface area contributed by atoms with Crippen molar-refractivity contribution < 1.29 is 24.2 Å². The van der Waals surface area contributed by atoms with E-state index in [1.54, 1.807) is 36.4 Å². The summed E-state index contributed by atoms with van der Waals surface area (Å²) in [7, 11) is 1.54. The Bertz CT molecular complexity index is 931. The molecule has 1 amide bonds. The van der Waals surface area contributed by atoms with E-state index in [1.807, 2.05) is 18.2 Å². The first-order valence-corrected chi connectivity index (χ1v) is 10.3. The average molecular weight is 431 g/mol. The summed E-state index contributed by atoms with van der Waals surface area (Å²) in [6.07, 6.45) is 1.79. The molecule has 1 aliphatic heterocycles. The molecule has 0 unspecified atom stereocenters. The van der Waals surface area contributed by atoms with Crippen LogP contribution in [0.3, 0.4) is 0 Å². The molecule has 1 aromatic carbocycles. The first-order valence-electron chi connectivity index (χ1n) is 9.89. The van der Waals surface area contributed by atoms with Gasteiger partial charge in [-0.1, -0.05) is 23.7 Å². The zero-order valence-electron chi connectivity index (χ0n) is 16.5. The van der Waals surface area contributed by atoms with Crippen LogP contribution in [0.5, 0.6) is 5.88 Å². The highest BCUT2D eigenvalue weighted by Gasteiger charge is 2.46. The number of hydrogen-bond donors (Lipinski definition) is 1. The van der Waals surface area contributed by atoms with E-state index in [1.165, 1.54) is 0 Å². The number of nitrogens with zero attached hydrogens (tertiary/aromatic N) is 2. The Morgan fingerprint density at radius 2 is 2.10 bits per heavy atom. The van der Waals surface area contributed by atoms with Gasteiger partial charge in [-0.25, -0.2) is 4.98 Å². The van der Waals surface area contributed by atoms with E-state index in [2.05, 4.69) is 4.98 Å². The Morgan fingerprint density at radius 1 is 1.30 bits per heavy atom. The molecule has 30 heavy (non-hydrogen) atoms. The number of benzene rings is 1. The maximum Gasteiger partial charge on any atom is 0.306 e. The number of aliphatic carboxylic acids is 1. The second kappa shape index (κ2) is 8.62. The summed E-state index contributed by atoms with van der Waals surface area (Å²) in [6, 6.07) is 10.4. The topological polar surface area (TPSA) is 89.0 Å². The van der Waals surface area contributed by atoms with Gasteiger partial charge in [0.1, 0.15) is 12.2 Å². The van der Waals surface area contributed by atoms with E-state index in [-0.39, 0.29) is 12.3 Å². The normalized spacial score (nSPS) is 24.0. The molecule has 4 rings (SSSR count). The summed E-state index contributed by atoms with van der Waals surface area (Å²) in [5.74, 6) is -0.484. The first-order chi connectivity index (χ1) is 14.5. The number of aromatic nitrogens is 1. The van der Waals surface area contributed by atoms with Crippen molar-refractivity contribution in [3.63, 3.8) is 0 Å². The van der Waals surface area contributed by atoms with Crippen LogP contribution in [-0.4, -0.2) is 46.6 Å². The van der Waals surface area contributed by atoms with Crippen LogP contribution in [0.2, 0.25) is 5.02 Å². The SMILES string of the molecule is COc1ccc([C@@H]2[C@@H](c3cccc(Cl)c3)O[C@H](CC(=O)O)C(=O)N2CC2CC2)cn1. The Labute approximate surface area is 179 Å². The summed E-state index contributed by atoms with van der Waals surface area (Å²) in [5.41, 5.74) is 1.58. The van der Waals surface area contributed by atoms with Crippen LogP contribution in [0.4, 0.5) is 0 Å². The highest BCUT2D eigenvalue weighted by molar-refractivity contribution is 6.30. The predicted octanol–water partition coefficient (Wildman–Crippen LogP) is 3.64. The van der Waals surface area contributed by atoms with E-state index in [0.29, 0.717) is 23.4 Å². The molecule has 158 valence electrons. The van der Waals surface area contributed by atoms with Gasteiger partial charge in [0.2, 0.25) is 5.88 Å². The average Bonchev–Trinajstić information content (AvgIpc) is 3.55. The van der Waals surface area contributed by atoms with E-state index in [4.69, 9.17) is 21.1 Å². The van der Waals surface area contributed by atoms with Gasteiger partial charge in [0, 0.05) is 23.8 Å². The molecule has 2 aromatic rings. The number of morpholine rings is 1. The second-order valence-corrected chi connectivity index (χ2v) is 8.15. The Morgan fingerprint density at radius 3 is 2.70 bits per heavy atom. The Kier molecular flexibility index (Phi) is 5.92. The van der Waals surface area contributed by atoms with E-state index < -0.39 is 24.2 Å². The van der Waals surface area contributed by atoms with E-state index >= 15 is 0 Å². The number of amides is 1. The molecule has 1 saturated heterocycles.